The maximum Gasteiger partial charge on any atom is 0.0503 e. The van der Waals surface area contributed by atoms with Crippen molar-refractivity contribution in [3.05, 3.63) is 33.8 Å². The Morgan fingerprint density at radius 3 is 2.15 bits per heavy atom. The van der Waals surface area contributed by atoms with Crippen molar-refractivity contribution in [1.82, 2.24) is 0 Å². The van der Waals surface area contributed by atoms with Gasteiger partial charge in [-0.3, -0.25) is 0 Å². The lowest BCUT2D eigenvalue weighted by molar-refractivity contribution is 0.723. The third-order valence-electron chi connectivity index (χ3n) is 2.65. The van der Waals surface area contributed by atoms with Crippen molar-refractivity contribution in [2.45, 2.75) is 31.6 Å². The van der Waals surface area contributed by atoms with Crippen LogP contribution < -0.4 is 0 Å². The zero-order chi connectivity index (χ0) is 9.26. The summed E-state index contributed by atoms with van der Waals surface area (Å²) in [6.45, 7) is 0. The summed E-state index contributed by atoms with van der Waals surface area (Å²) in [7, 11) is 0. The number of benzene rings is 1. The van der Waals surface area contributed by atoms with Crippen molar-refractivity contribution < 1.29 is 0 Å². The van der Waals surface area contributed by atoms with Crippen LogP contribution in [0.1, 0.15) is 37.2 Å². The molecule has 0 aromatic heterocycles. The number of hydrogen-bond donors (Lipinski definition) is 0. The first kappa shape index (κ1) is 9.36. The van der Waals surface area contributed by atoms with E-state index in [1.165, 1.54) is 31.2 Å². The molecule has 0 atom stereocenters. The van der Waals surface area contributed by atoms with Gasteiger partial charge in [0.15, 0.2) is 0 Å². The SMILES string of the molecule is Clc1[c]c(Cl)cc(C2CCCC2)c1. The summed E-state index contributed by atoms with van der Waals surface area (Å²) in [6, 6.07) is 6.84. The summed E-state index contributed by atoms with van der Waals surface area (Å²) in [6.07, 6.45) is 5.21. The summed E-state index contributed by atoms with van der Waals surface area (Å²) >= 11 is 11.8. The summed E-state index contributed by atoms with van der Waals surface area (Å²) in [5.74, 6) is 0.671. The fourth-order valence-electron chi connectivity index (χ4n) is 2.02. The molecule has 69 valence electrons. The topological polar surface area (TPSA) is 0 Å². The molecule has 0 heterocycles. The predicted molar refractivity (Wildman–Crippen MR) is 56.5 cm³/mol. The third kappa shape index (κ3) is 2.18. The average molecular weight is 214 g/mol. The molecule has 1 aromatic carbocycles. The highest BCUT2D eigenvalue weighted by atomic mass is 35.5. The van der Waals surface area contributed by atoms with Gasteiger partial charge in [0.2, 0.25) is 0 Å². The average Bonchev–Trinajstić information content (AvgIpc) is 2.53. The van der Waals surface area contributed by atoms with E-state index in [2.05, 4.69) is 6.07 Å². The number of rotatable bonds is 1. The minimum atomic E-state index is 0.634. The van der Waals surface area contributed by atoms with Gasteiger partial charge in [0.25, 0.3) is 0 Å². The van der Waals surface area contributed by atoms with Gasteiger partial charge in [-0.2, -0.15) is 0 Å². The summed E-state index contributed by atoms with van der Waals surface area (Å²) < 4.78 is 0. The summed E-state index contributed by atoms with van der Waals surface area (Å²) in [4.78, 5) is 0. The van der Waals surface area contributed by atoms with Crippen molar-refractivity contribution in [3.63, 3.8) is 0 Å². The highest BCUT2D eigenvalue weighted by Crippen LogP contribution is 2.36. The second-order valence-corrected chi connectivity index (χ2v) is 4.41. The minimum Gasteiger partial charge on any atom is -0.0836 e. The molecule has 0 saturated heterocycles. The van der Waals surface area contributed by atoms with Crippen LogP contribution in [0, 0.1) is 6.07 Å². The molecule has 13 heavy (non-hydrogen) atoms. The maximum absolute atomic E-state index is 5.89. The smallest absolute Gasteiger partial charge is 0.0503 e. The molecule has 0 nitrogen and oxygen atoms in total. The molecule has 1 saturated carbocycles. The summed E-state index contributed by atoms with van der Waals surface area (Å²) in [5.41, 5.74) is 1.28. The van der Waals surface area contributed by atoms with E-state index in [1.54, 1.807) is 0 Å². The van der Waals surface area contributed by atoms with Crippen LogP contribution in [-0.4, -0.2) is 0 Å². The van der Waals surface area contributed by atoms with Gasteiger partial charge in [-0.05, 0) is 36.5 Å². The Balaban J connectivity index is 2.28. The van der Waals surface area contributed by atoms with Crippen LogP contribution in [0.25, 0.3) is 0 Å². The van der Waals surface area contributed by atoms with Crippen LogP contribution in [0.4, 0.5) is 0 Å². The fraction of sp³-hybridized carbons (Fsp3) is 0.455. The Morgan fingerprint density at radius 1 is 1.08 bits per heavy atom. The summed E-state index contributed by atoms with van der Waals surface area (Å²) in [5, 5.41) is 1.27. The predicted octanol–water partition coefficient (Wildman–Crippen LogP) is 4.45. The normalized spacial score (nSPS) is 18.0. The van der Waals surface area contributed by atoms with E-state index in [1.807, 2.05) is 12.1 Å². The van der Waals surface area contributed by atoms with Crippen molar-refractivity contribution >= 4 is 23.2 Å². The molecule has 1 fully saturated rings. The van der Waals surface area contributed by atoms with Crippen molar-refractivity contribution in [3.8, 4) is 0 Å². The molecule has 0 spiro atoms. The second kappa shape index (κ2) is 3.89. The largest absolute Gasteiger partial charge is 0.0836 e. The highest BCUT2D eigenvalue weighted by molar-refractivity contribution is 6.34. The quantitative estimate of drug-likeness (QED) is 0.647. The van der Waals surface area contributed by atoms with Crippen LogP contribution in [0.3, 0.4) is 0 Å². The molecular formula is C11H11Cl2. The Bertz CT molecular complexity index is 281. The van der Waals surface area contributed by atoms with Gasteiger partial charge in [0.05, 0.1) is 10.0 Å². The minimum absolute atomic E-state index is 0.634. The molecule has 1 aliphatic carbocycles. The molecule has 1 aliphatic rings. The van der Waals surface area contributed by atoms with Gasteiger partial charge in [-0.15, -0.1) is 0 Å². The molecule has 0 unspecified atom stereocenters. The van der Waals surface area contributed by atoms with Crippen LogP contribution >= 0.6 is 23.2 Å². The van der Waals surface area contributed by atoms with E-state index < -0.39 is 0 Å². The molecule has 0 aliphatic heterocycles. The molecule has 0 bridgehead atoms. The van der Waals surface area contributed by atoms with Gasteiger partial charge < -0.3 is 0 Å². The first-order chi connectivity index (χ1) is 6.25. The lowest BCUT2D eigenvalue weighted by Gasteiger charge is -2.09. The maximum atomic E-state index is 5.89. The molecule has 1 radical (unpaired) electrons. The van der Waals surface area contributed by atoms with Crippen molar-refractivity contribution in [1.29, 1.82) is 0 Å². The Hall–Kier alpha value is -0.200. The van der Waals surface area contributed by atoms with Crippen LogP contribution in [0.15, 0.2) is 12.1 Å². The first-order valence-electron chi connectivity index (χ1n) is 4.64. The number of hydrogen-bond acceptors (Lipinski definition) is 0. The van der Waals surface area contributed by atoms with E-state index >= 15 is 0 Å². The second-order valence-electron chi connectivity index (χ2n) is 3.59. The lowest BCUT2D eigenvalue weighted by Crippen LogP contribution is -1.91. The molecule has 2 rings (SSSR count). The van der Waals surface area contributed by atoms with Gasteiger partial charge in [-0.25, -0.2) is 0 Å². The molecular weight excluding hydrogens is 203 g/mol. The van der Waals surface area contributed by atoms with Crippen LogP contribution in [0.5, 0.6) is 0 Å². The van der Waals surface area contributed by atoms with Crippen molar-refractivity contribution in [2.24, 2.45) is 0 Å². The van der Waals surface area contributed by atoms with Gasteiger partial charge in [0.1, 0.15) is 0 Å². The molecule has 0 N–H and O–H groups in total. The lowest BCUT2D eigenvalue weighted by atomic mass is 9.98. The molecule has 0 amide bonds. The van der Waals surface area contributed by atoms with E-state index in [-0.39, 0.29) is 0 Å². The van der Waals surface area contributed by atoms with E-state index in [4.69, 9.17) is 23.2 Å². The van der Waals surface area contributed by atoms with Gasteiger partial charge >= 0.3 is 0 Å². The van der Waals surface area contributed by atoms with Gasteiger partial charge in [-0.1, -0.05) is 36.0 Å². The van der Waals surface area contributed by atoms with Crippen LogP contribution in [-0.2, 0) is 0 Å². The monoisotopic (exact) mass is 213 g/mol. The fourth-order valence-corrected chi connectivity index (χ4v) is 2.52. The zero-order valence-corrected chi connectivity index (χ0v) is 8.83. The highest BCUT2D eigenvalue weighted by Gasteiger charge is 2.17. The van der Waals surface area contributed by atoms with Crippen LogP contribution in [0.2, 0.25) is 10.0 Å². The standard InChI is InChI=1S/C11H11Cl2/c12-10-5-9(6-11(13)7-10)8-3-1-2-4-8/h5-6,8H,1-4H2. The van der Waals surface area contributed by atoms with Crippen molar-refractivity contribution in [2.75, 3.05) is 0 Å². The molecule has 1 aromatic rings. The van der Waals surface area contributed by atoms with Gasteiger partial charge in [0, 0.05) is 6.07 Å². The van der Waals surface area contributed by atoms with E-state index in [0.717, 1.165) is 0 Å². The third-order valence-corrected chi connectivity index (χ3v) is 3.06. The Morgan fingerprint density at radius 2 is 1.62 bits per heavy atom. The molecule has 2 heteroatoms. The number of halogens is 2. The first-order valence-corrected chi connectivity index (χ1v) is 5.39. The van der Waals surface area contributed by atoms with E-state index in [0.29, 0.717) is 16.0 Å². The Kier molecular flexibility index (Phi) is 2.80. The zero-order valence-electron chi connectivity index (χ0n) is 7.32. The van der Waals surface area contributed by atoms with E-state index in [9.17, 15) is 0 Å². The Labute approximate surface area is 88.9 Å².